The molecule has 0 spiro atoms. The smallest absolute Gasteiger partial charge is 0.222 e. The maximum Gasteiger partial charge on any atom is 0.222 e. The van der Waals surface area contributed by atoms with Gasteiger partial charge in [-0.1, -0.05) is 13.8 Å². The Morgan fingerprint density at radius 2 is 2.12 bits per heavy atom. The maximum absolute atomic E-state index is 12.0. The lowest BCUT2D eigenvalue weighted by molar-refractivity contribution is -0.135. The number of carbonyl (C=O) groups excluding carboxylic acids is 1. The average molecular weight is 242 g/mol. The minimum atomic E-state index is 0.217. The van der Waals surface area contributed by atoms with E-state index in [0.717, 1.165) is 19.5 Å². The molecule has 4 nitrogen and oxygen atoms in total. The molecule has 0 aliphatic carbocycles. The lowest BCUT2D eigenvalue weighted by atomic mass is 9.91. The largest absolute Gasteiger partial charge is 0.396 e. The van der Waals surface area contributed by atoms with E-state index < -0.39 is 0 Å². The first-order valence-electron chi connectivity index (χ1n) is 6.50. The molecule has 17 heavy (non-hydrogen) atoms. The third-order valence-electron chi connectivity index (χ3n) is 3.55. The molecule has 0 aromatic carbocycles. The summed E-state index contributed by atoms with van der Waals surface area (Å²) in [6.45, 7) is 5.91. The molecule has 100 valence electrons. The topological polar surface area (TPSA) is 43.8 Å². The number of carbonyl (C=O) groups is 1. The van der Waals surface area contributed by atoms with Crippen molar-refractivity contribution in [1.82, 2.24) is 9.80 Å². The van der Waals surface area contributed by atoms with Crippen LogP contribution in [-0.4, -0.2) is 60.6 Å². The lowest BCUT2D eigenvalue weighted by Crippen LogP contribution is -2.53. The predicted octanol–water partition coefficient (Wildman–Crippen LogP) is 0.803. The highest BCUT2D eigenvalue weighted by atomic mass is 16.3. The van der Waals surface area contributed by atoms with Crippen molar-refractivity contribution < 1.29 is 9.90 Å². The molecule has 1 N–H and O–H groups in total. The van der Waals surface area contributed by atoms with Crippen LogP contribution in [-0.2, 0) is 4.79 Å². The maximum atomic E-state index is 12.0. The van der Waals surface area contributed by atoms with Crippen LogP contribution in [0.4, 0.5) is 0 Å². The molecule has 1 aliphatic rings. The first kappa shape index (κ1) is 14.5. The number of likely N-dealkylation sites (tertiary alicyclic amines) is 1. The van der Waals surface area contributed by atoms with Crippen LogP contribution in [0.15, 0.2) is 0 Å². The number of amides is 1. The van der Waals surface area contributed by atoms with E-state index in [1.165, 1.54) is 0 Å². The quantitative estimate of drug-likeness (QED) is 0.793. The Bertz CT molecular complexity index is 254. The Morgan fingerprint density at radius 3 is 2.59 bits per heavy atom. The van der Waals surface area contributed by atoms with E-state index in [-0.39, 0.29) is 18.6 Å². The summed E-state index contributed by atoms with van der Waals surface area (Å²) in [7, 11) is 4.04. The van der Waals surface area contributed by atoms with Gasteiger partial charge in [0.05, 0.1) is 0 Å². The lowest BCUT2D eigenvalue weighted by Gasteiger charge is -2.41. The van der Waals surface area contributed by atoms with Crippen molar-refractivity contribution in [2.45, 2.75) is 32.7 Å². The molecule has 1 aliphatic heterocycles. The van der Waals surface area contributed by atoms with Gasteiger partial charge in [0.2, 0.25) is 5.91 Å². The van der Waals surface area contributed by atoms with Gasteiger partial charge in [-0.15, -0.1) is 0 Å². The second kappa shape index (κ2) is 6.36. The molecule has 0 aromatic heterocycles. The average Bonchev–Trinajstić information content (AvgIpc) is 2.27. The second-order valence-electron chi connectivity index (χ2n) is 5.70. The molecule has 0 radical (unpaired) electrons. The highest BCUT2D eigenvalue weighted by molar-refractivity contribution is 5.76. The summed E-state index contributed by atoms with van der Waals surface area (Å²) < 4.78 is 0. The summed E-state index contributed by atoms with van der Waals surface area (Å²) in [6, 6.07) is 0.282. The van der Waals surface area contributed by atoms with Crippen LogP contribution < -0.4 is 0 Å². The van der Waals surface area contributed by atoms with Gasteiger partial charge in [0.1, 0.15) is 0 Å². The third-order valence-corrected chi connectivity index (χ3v) is 3.55. The number of aliphatic hydroxyl groups is 1. The van der Waals surface area contributed by atoms with Crippen molar-refractivity contribution in [3.63, 3.8) is 0 Å². The fourth-order valence-electron chi connectivity index (χ4n) is 2.48. The highest BCUT2D eigenvalue weighted by Gasteiger charge is 2.32. The van der Waals surface area contributed by atoms with Gasteiger partial charge in [-0.05, 0) is 26.4 Å². The van der Waals surface area contributed by atoms with Crippen LogP contribution in [0, 0.1) is 11.8 Å². The molecule has 1 rings (SSSR count). The Kier molecular flexibility index (Phi) is 5.40. The molecule has 2 atom stereocenters. The standard InChI is InChI=1S/C13H26N2O2/c1-10(2)7-13(17)15-6-5-11(9-16)12(8-15)14(3)4/h10-12,16H,5-9H2,1-4H3/t11-,12-/m1/s1. The summed E-state index contributed by atoms with van der Waals surface area (Å²) in [6.07, 6.45) is 1.53. The minimum absolute atomic E-state index is 0.217. The first-order valence-corrected chi connectivity index (χ1v) is 6.50. The van der Waals surface area contributed by atoms with E-state index in [2.05, 4.69) is 18.7 Å². The molecule has 0 unspecified atom stereocenters. The van der Waals surface area contributed by atoms with Crippen LogP contribution in [0.5, 0.6) is 0 Å². The Morgan fingerprint density at radius 1 is 1.47 bits per heavy atom. The molecule has 1 amide bonds. The van der Waals surface area contributed by atoms with Gasteiger partial charge in [0.15, 0.2) is 0 Å². The van der Waals surface area contributed by atoms with Crippen molar-refractivity contribution in [3.05, 3.63) is 0 Å². The zero-order chi connectivity index (χ0) is 13.0. The fourth-order valence-corrected chi connectivity index (χ4v) is 2.48. The monoisotopic (exact) mass is 242 g/mol. The normalized spacial score (nSPS) is 25.7. The molecule has 4 heteroatoms. The van der Waals surface area contributed by atoms with E-state index in [1.807, 2.05) is 19.0 Å². The summed E-state index contributed by atoms with van der Waals surface area (Å²) in [5.41, 5.74) is 0. The van der Waals surface area contributed by atoms with Crippen molar-refractivity contribution >= 4 is 5.91 Å². The third kappa shape index (κ3) is 3.96. The SMILES string of the molecule is CC(C)CC(=O)N1CC[C@H](CO)[C@H](N(C)C)C1. The van der Waals surface area contributed by atoms with Crippen LogP contribution in [0.25, 0.3) is 0 Å². The number of piperidine rings is 1. The van der Waals surface area contributed by atoms with Gasteiger partial charge in [0.25, 0.3) is 0 Å². The first-order chi connectivity index (χ1) is 7.95. The van der Waals surface area contributed by atoms with Crippen LogP contribution in [0.3, 0.4) is 0 Å². The Hall–Kier alpha value is -0.610. The van der Waals surface area contributed by atoms with Crippen molar-refractivity contribution in [3.8, 4) is 0 Å². The van der Waals surface area contributed by atoms with Crippen molar-refractivity contribution in [2.24, 2.45) is 11.8 Å². The van der Waals surface area contributed by atoms with Gasteiger partial charge in [-0.2, -0.15) is 0 Å². The number of likely N-dealkylation sites (N-methyl/N-ethyl adjacent to an activating group) is 1. The van der Waals surface area contributed by atoms with Crippen LogP contribution >= 0.6 is 0 Å². The molecule has 0 saturated carbocycles. The van der Waals surface area contributed by atoms with Gasteiger partial charge < -0.3 is 14.9 Å². The molecule has 1 heterocycles. The van der Waals surface area contributed by atoms with Gasteiger partial charge in [0, 0.05) is 38.1 Å². The number of aliphatic hydroxyl groups excluding tert-OH is 1. The second-order valence-corrected chi connectivity index (χ2v) is 5.70. The summed E-state index contributed by atoms with van der Waals surface area (Å²) in [5.74, 6) is 0.965. The summed E-state index contributed by atoms with van der Waals surface area (Å²) in [4.78, 5) is 16.1. The fraction of sp³-hybridized carbons (Fsp3) is 0.923. The molecule has 0 aromatic rings. The zero-order valence-electron chi connectivity index (χ0n) is 11.5. The molecular weight excluding hydrogens is 216 g/mol. The van der Waals surface area contributed by atoms with E-state index in [9.17, 15) is 9.90 Å². The number of hydrogen-bond acceptors (Lipinski definition) is 3. The summed E-state index contributed by atoms with van der Waals surface area (Å²) in [5, 5.41) is 9.35. The Balaban J connectivity index is 2.59. The number of nitrogens with zero attached hydrogens (tertiary/aromatic N) is 2. The highest BCUT2D eigenvalue weighted by Crippen LogP contribution is 2.21. The van der Waals surface area contributed by atoms with E-state index in [1.54, 1.807) is 0 Å². The summed E-state index contributed by atoms with van der Waals surface area (Å²) >= 11 is 0. The van der Waals surface area contributed by atoms with Gasteiger partial charge >= 0.3 is 0 Å². The number of hydrogen-bond donors (Lipinski definition) is 1. The zero-order valence-corrected chi connectivity index (χ0v) is 11.5. The molecule has 0 bridgehead atoms. The van der Waals surface area contributed by atoms with E-state index >= 15 is 0 Å². The number of rotatable bonds is 4. The van der Waals surface area contributed by atoms with E-state index in [0.29, 0.717) is 18.3 Å². The molecule has 1 fully saturated rings. The van der Waals surface area contributed by atoms with Crippen LogP contribution in [0.2, 0.25) is 0 Å². The predicted molar refractivity (Wildman–Crippen MR) is 68.7 cm³/mol. The molecule has 1 saturated heterocycles. The van der Waals surface area contributed by atoms with E-state index in [4.69, 9.17) is 0 Å². The Labute approximate surface area is 105 Å². The van der Waals surface area contributed by atoms with Crippen LogP contribution in [0.1, 0.15) is 26.7 Å². The minimum Gasteiger partial charge on any atom is -0.396 e. The van der Waals surface area contributed by atoms with Crippen molar-refractivity contribution in [1.29, 1.82) is 0 Å². The van der Waals surface area contributed by atoms with Gasteiger partial charge in [-0.3, -0.25) is 4.79 Å². The molecular formula is C13H26N2O2. The van der Waals surface area contributed by atoms with Crippen molar-refractivity contribution in [2.75, 3.05) is 33.8 Å². The van der Waals surface area contributed by atoms with Gasteiger partial charge in [-0.25, -0.2) is 0 Å².